The standard InChI is InChI=1S/C27H32FN5/c28-24-8-4-1-5-20(24)19-32-13-15-33(16-14-32)26-30-18-21-17-27(9-11-29-12-10-27)23-7-3-2-6-22(23)25(21)31-26/h2-3,5-8,18,29H,1,4,9-17,19H2. The SMILES string of the molecule is FC1=CCCC=C1CN1CCN(c2ncc3c(n2)-c2ccccc2C2(CCNCC2)C3)CC1. The Kier molecular flexibility index (Phi) is 5.51. The Morgan fingerprint density at radius 2 is 1.79 bits per heavy atom. The highest BCUT2D eigenvalue weighted by molar-refractivity contribution is 5.72. The number of hydrogen-bond acceptors (Lipinski definition) is 5. The highest BCUT2D eigenvalue weighted by Gasteiger charge is 2.40. The van der Waals surface area contributed by atoms with Gasteiger partial charge < -0.3 is 10.2 Å². The largest absolute Gasteiger partial charge is 0.338 e. The van der Waals surface area contributed by atoms with Gasteiger partial charge in [-0.25, -0.2) is 14.4 Å². The smallest absolute Gasteiger partial charge is 0.225 e. The van der Waals surface area contributed by atoms with Crippen LogP contribution in [0, 0.1) is 0 Å². The van der Waals surface area contributed by atoms with Crippen LogP contribution in [-0.2, 0) is 11.8 Å². The van der Waals surface area contributed by atoms with Crippen LogP contribution in [0.4, 0.5) is 10.3 Å². The molecule has 0 radical (unpaired) electrons. The first-order valence-corrected chi connectivity index (χ1v) is 12.4. The molecule has 0 saturated carbocycles. The van der Waals surface area contributed by atoms with E-state index < -0.39 is 0 Å². The van der Waals surface area contributed by atoms with Gasteiger partial charge in [0.25, 0.3) is 0 Å². The van der Waals surface area contributed by atoms with Gasteiger partial charge in [-0.15, -0.1) is 0 Å². The molecule has 3 heterocycles. The van der Waals surface area contributed by atoms with Crippen molar-refractivity contribution >= 4 is 5.95 Å². The lowest BCUT2D eigenvalue weighted by Gasteiger charge is -2.43. The Bertz CT molecular complexity index is 1090. The molecule has 1 aromatic heterocycles. The monoisotopic (exact) mass is 445 g/mol. The molecule has 2 aromatic rings. The number of fused-ring (bicyclic) bond motifs is 4. The molecular formula is C27H32FN5. The Morgan fingerprint density at radius 1 is 1.00 bits per heavy atom. The van der Waals surface area contributed by atoms with Crippen molar-refractivity contribution in [1.82, 2.24) is 20.2 Å². The van der Waals surface area contributed by atoms with Gasteiger partial charge in [0.2, 0.25) is 5.95 Å². The van der Waals surface area contributed by atoms with E-state index in [4.69, 9.17) is 9.97 Å². The molecule has 5 nitrogen and oxygen atoms in total. The molecule has 0 unspecified atom stereocenters. The van der Waals surface area contributed by atoms with Crippen molar-refractivity contribution in [2.24, 2.45) is 0 Å². The van der Waals surface area contributed by atoms with Gasteiger partial charge in [0, 0.05) is 49.9 Å². The number of piperazine rings is 1. The van der Waals surface area contributed by atoms with Gasteiger partial charge in [-0.3, -0.25) is 4.90 Å². The van der Waals surface area contributed by atoms with E-state index in [0.717, 1.165) is 75.7 Å². The summed E-state index contributed by atoms with van der Waals surface area (Å²) in [5, 5.41) is 3.53. The molecular weight excluding hydrogens is 413 g/mol. The summed E-state index contributed by atoms with van der Waals surface area (Å²) in [6, 6.07) is 8.87. The van der Waals surface area contributed by atoms with Crippen LogP contribution >= 0.6 is 0 Å². The zero-order valence-electron chi connectivity index (χ0n) is 19.2. The van der Waals surface area contributed by atoms with Gasteiger partial charge in [-0.2, -0.15) is 0 Å². The molecule has 6 rings (SSSR count). The molecule has 2 fully saturated rings. The Hall–Kier alpha value is -2.57. The number of hydrogen-bond donors (Lipinski definition) is 1. The molecule has 0 atom stereocenters. The predicted octanol–water partition coefficient (Wildman–Crippen LogP) is 4.02. The summed E-state index contributed by atoms with van der Waals surface area (Å²) in [4.78, 5) is 14.6. The molecule has 2 aliphatic carbocycles. The second-order valence-corrected chi connectivity index (χ2v) is 9.92. The number of nitrogens with zero attached hydrogens (tertiary/aromatic N) is 4. The summed E-state index contributed by atoms with van der Waals surface area (Å²) in [6.07, 6.45) is 11.0. The molecule has 1 aromatic carbocycles. The van der Waals surface area contributed by atoms with E-state index in [1.807, 2.05) is 0 Å². The highest BCUT2D eigenvalue weighted by Crippen LogP contribution is 2.47. The van der Waals surface area contributed by atoms with E-state index in [-0.39, 0.29) is 11.2 Å². The number of aromatic nitrogens is 2. The van der Waals surface area contributed by atoms with E-state index in [0.29, 0.717) is 6.54 Å². The lowest BCUT2D eigenvalue weighted by Crippen LogP contribution is -2.47. The first-order valence-electron chi connectivity index (χ1n) is 12.4. The second-order valence-electron chi connectivity index (χ2n) is 9.92. The van der Waals surface area contributed by atoms with E-state index in [1.54, 1.807) is 6.08 Å². The second kappa shape index (κ2) is 8.65. The van der Waals surface area contributed by atoms with Crippen molar-refractivity contribution in [3.63, 3.8) is 0 Å². The molecule has 1 N–H and O–H groups in total. The third-order valence-corrected chi connectivity index (χ3v) is 7.93. The molecule has 2 aliphatic heterocycles. The molecule has 4 aliphatic rings. The quantitative estimate of drug-likeness (QED) is 0.773. The Labute approximate surface area is 195 Å². The van der Waals surface area contributed by atoms with Gasteiger partial charge in [-0.1, -0.05) is 30.3 Å². The third kappa shape index (κ3) is 3.89. The van der Waals surface area contributed by atoms with Crippen LogP contribution in [0.1, 0.15) is 36.8 Å². The fraction of sp³-hybridized carbons (Fsp3) is 0.481. The van der Waals surface area contributed by atoms with Crippen LogP contribution in [0.2, 0.25) is 0 Å². The van der Waals surface area contributed by atoms with Crippen LogP contribution < -0.4 is 10.2 Å². The lowest BCUT2D eigenvalue weighted by atomic mass is 9.64. The summed E-state index contributed by atoms with van der Waals surface area (Å²) in [7, 11) is 0. The summed E-state index contributed by atoms with van der Waals surface area (Å²) >= 11 is 0. The maximum Gasteiger partial charge on any atom is 0.225 e. The van der Waals surface area contributed by atoms with Crippen molar-refractivity contribution in [3.8, 4) is 11.3 Å². The van der Waals surface area contributed by atoms with Crippen molar-refractivity contribution < 1.29 is 4.39 Å². The summed E-state index contributed by atoms with van der Waals surface area (Å²) in [5.41, 5.74) is 6.20. The molecule has 6 heteroatoms. The van der Waals surface area contributed by atoms with Crippen molar-refractivity contribution in [2.45, 2.75) is 37.5 Å². The fourth-order valence-corrected chi connectivity index (χ4v) is 6.06. The first-order chi connectivity index (χ1) is 16.2. The number of allylic oxidation sites excluding steroid dienone is 2. The Balaban J connectivity index is 1.21. The van der Waals surface area contributed by atoms with Crippen molar-refractivity contribution in [2.75, 3.05) is 50.7 Å². The normalized spacial score (nSPS) is 22.4. The van der Waals surface area contributed by atoms with Crippen LogP contribution in [0.15, 0.2) is 54.0 Å². The topological polar surface area (TPSA) is 44.3 Å². The van der Waals surface area contributed by atoms with E-state index in [1.165, 1.54) is 29.5 Å². The van der Waals surface area contributed by atoms with Crippen LogP contribution in [0.5, 0.6) is 0 Å². The van der Waals surface area contributed by atoms with Crippen LogP contribution in [-0.4, -0.2) is 60.7 Å². The number of halogens is 1. The zero-order chi connectivity index (χ0) is 22.3. The lowest BCUT2D eigenvalue weighted by molar-refractivity contribution is 0.275. The summed E-state index contributed by atoms with van der Waals surface area (Å²) in [5.74, 6) is 0.791. The minimum absolute atomic E-state index is 0.0353. The van der Waals surface area contributed by atoms with Crippen LogP contribution in [0.3, 0.4) is 0 Å². The third-order valence-electron chi connectivity index (χ3n) is 7.93. The molecule has 0 bridgehead atoms. The number of piperidine rings is 1. The molecule has 0 amide bonds. The van der Waals surface area contributed by atoms with Gasteiger partial charge in [0.05, 0.1) is 5.69 Å². The number of anilines is 1. The first kappa shape index (κ1) is 21.0. The summed E-state index contributed by atoms with van der Waals surface area (Å²) < 4.78 is 14.1. The highest BCUT2D eigenvalue weighted by atomic mass is 19.1. The molecule has 33 heavy (non-hydrogen) atoms. The van der Waals surface area contributed by atoms with Gasteiger partial charge >= 0.3 is 0 Å². The number of rotatable bonds is 3. The Morgan fingerprint density at radius 3 is 2.61 bits per heavy atom. The van der Waals surface area contributed by atoms with E-state index in [9.17, 15) is 4.39 Å². The maximum atomic E-state index is 14.1. The van der Waals surface area contributed by atoms with E-state index in [2.05, 4.69) is 51.7 Å². The molecule has 172 valence electrons. The minimum Gasteiger partial charge on any atom is -0.338 e. The average molecular weight is 446 g/mol. The van der Waals surface area contributed by atoms with E-state index >= 15 is 0 Å². The van der Waals surface area contributed by atoms with Gasteiger partial charge in [0.15, 0.2) is 0 Å². The minimum atomic E-state index is -0.0353. The van der Waals surface area contributed by atoms with Crippen LogP contribution in [0.25, 0.3) is 11.3 Å². The van der Waals surface area contributed by atoms with Crippen molar-refractivity contribution in [1.29, 1.82) is 0 Å². The zero-order valence-corrected chi connectivity index (χ0v) is 19.2. The summed E-state index contributed by atoms with van der Waals surface area (Å²) in [6.45, 7) is 6.39. The molecule has 1 spiro atoms. The maximum absolute atomic E-state index is 14.1. The predicted molar refractivity (Wildman–Crippen MR) is 130 cm³/mol. The van der Waals surface area contributed by atoms with Gasteiger partial charge in [-0.05, 0) is 68.0 Å². The van der Waals surface area contributed by atoms with Crippen molar-refractivity contribution in [3.05, 3.63) is 65.1 Å². The average Bonchev–Trinajstić information content (AvgIpc) is 2.87. The van der Waals surface area contributed by atoms with Gasteiger partial charge in [0.1, 0.15) is 5.83 Å². The number of nitrogens with one attached hydrogen (secondary N) is 1. The molecule has 2 saturated heterocycles. The number of benzene rings is 1. The fourth-order valence-electron chi connectivity index (χ4n) is 6.06.